The van der Waals surface area contributed by atoms with Crippen LogP contribution in [0.15, 0.2) is 48.5 Å². The number of amides is 2. The Hall–Kier alpha value is -3.02. The molecule has 2 amide bonds. The summed E-state index contributed by atoms with van der Waals surface area (Å²) in [6.45, 7) is 3.70. The van der Waals surface area contributed by atoms with Crippen LogP contribution >= 0.6 is 0 Å². The zero-order valence-electron chi connectivity index (χ0n) is 15.6. The molecule has 0 aliphatic heterocycles. The molecule has 0 saturated heterocycles. The summed E-state index contributed by atoms with van der Waals surface area (Å²) >= 11 is 0. The lowest BCUT2D eigenvalue weighted by atomic mass is 10.1. The van der Waals surface area contributed by atoms with Crippen molar-refractivity contribution >= 4 is 23.4 Å². The first-order valence-corrected chi connectivity index (χ1v) is 8.43. The van der Waals surface area contributed by atoms with E-state index in [2.05, 4.69) is 10.6 Å². The molecule has 1 atom stereocenters. The van der Waals surface area contributed by atoms with Crippen molar-refractivity contribution in [2.24, 2.45) is 0 Å². The maximum Gasteiger partial charge on any atom is 0.408 e. The summed E-state index contributed by atoms with van der Waals surface area (Å²) in [5.74, 6) is -0.303. The van der Waals surface area contributed by atoms with Gasteiger partial charge < -0.3 is 20.3 Å². The van der Waals surface area contributed by atoms with Crippen LogP contribution in [0.5, 0.6) is 0 Å². The highest BCUT2D eigenvalue weighted by Crippen LogP contribution is 2.21. The topological polar surface area (TPSA) is 70.7 Å². The third-order valence-corrected chi connectivity index (χ3v) is 3.92. The minimum absolute atomic E-state index is 0.159. The zero-order chi connectivity index (χ0) is 19.1. The molecule has 0 spiro atoms. The van der Waals surface area contributed by atoms with E-state index in [9.17, 15) is 9.59 Å². The molecule has 0 aliphatic carbocycles. The van der Waals surface area contributed by atoms with Crippen molar-refractivity contribution in [3.63, 3.8) is 0 Å². The van der Waals surface area contributed by atoms with Crippen molar-refractivity contribution in [1.29, 1.82) is 0 Å². The molecular formula is C20H25N3O3. The van der Waals surface area contributed by atoms with Gasteiger partial charge in [-0.2, -0.15) is 0 Å². The van der Waals surface area contributed by atoms with Gasteiger partial charge in [-0.1, -0.05) is 30.3 Å². The van der Waals surface area contributed by atoms with Gasteiger partial charge in [-0.25, -0.2) is 4.79 Å². The third kappa shape index (κ3) is 5.51. The third-order valence-electron chi connectivity index (χ3n) is 3.92. The van der Waals surface area contributed by atoms with E-state index in [1.807, 2.05) is 74.4 Å². The maximum absolute atomic E-state index is 12.3. The summed E-state index contributed by atoms with van der Waals surface area (Å²) in [5.41, 5.74) is 3.60. The summed E-state index contributed by atoms with van der Waals surface area (Å²) in [4.78, 5) is 26.1. The summed E-state index contributed by atoms with van der Waals surface area (Å²) in [7, 11) is 3.92. The summed E-state index contributed by atoms with van der Waals surface area (Å²) in [6.07, 6.45) is -0.629. The second-order valence-corrected chi connectivity index (χ2v) is 6.31. The number of carbonyl (C=O) groups excluding carboxylic acids is 2. The number of anilines is 2. The van der Waals surface area contributed by atoms with Gasteiger partial charge in [0.05, 0.1) is 0 Å². The fourth-order valence-corrected chi connectivity index (χ4v) is 2.31. The van der Waals surface area contributed by atoms with Crippen LogP contribution in [0.2, 0.25) is 0 Å². The van der Waals surface area contributed by atoms with Crippen molar-refractivity contribution in [2.45, 2.75) is 26.5 Å². The van der Waals surface area contributed by atoms with Gasteiger partial charge >= 0.3 is 6.09 Å². The van der Waals surface area contributed by atoms with Crippen LogP contribution in [-0.2, 0) is 16.1 Å². The normalized spacial score (nSPS) is 11.4. The molecule has 2 aromatic rings. The summed E-state index contributed by atoms with van der Waals surface area (Å²) in [5, 5.41) is 5.37. The Morgan fingerprint density at radius 2 is 1.81 bits per heavy atom. The Morgan fingerprint density at radius 3 is 2.42 bits per heavy atom. The minimum atomic E-state index is -0.716. The van der Waals surface area contributed by atoms with Gasteiger partial charge in [0, 0.05) is 25.5 Å². The number of nitrogens with one attached hydrogen (secondary N) is 2. The number of carbonyl (C=O) groups is 2. The van der Waals surface area contributed by atoms with Gasteiger partial charge in [0.15, 0.2) is 0 Å². The molecule has 6 heteroatoms. The lowest BCUT2D eigenvalue weighted by Gasteiger charge is -2.17. The standard InChI is InChI=1S/C20H25N3O3/c1-14-12-17(23(3)4)10-11-18(14)22-19(24)15(2)21-20(25)26-13-16-8-6-5-7-9-16/h5-12,15H,13H2,1-4H3,(H,21,25)(H,22,24)/t15-/m0/s1. The van der Waals surface area contributed by atoms with E-state index >= 15 is 0 Å². The van der Waals surface area contributed by atoms with Crippen molar-refractivity contribution in [1.82, 2.24) is 5.32 Å². The van der Waals surface area contributed by atoms with Gasteiger partial charge in [0.2, 0.25) is 5.91 Å². The quantitative estimate of drug-likeness (QED) is 0.834. The fourth-order valence-electron chi connectivity index (χ4n) is 2.31. The molecule has 0 heterocycles. The Kier molecular flexibility index (Phi) is 6.60. The highest BCUT2D eigenvalue weighted by molar-refractivity contribution is 5.97. The van der Waals surface area contributed by atoms with E-state index in [1.165, 1.54) is 0 Å². The number of hydrogen-bond acceptors (Lipinski definition) is 4. The second kappa shape index (κ2) is 8.89. The zero-order valence-corrected chi connectivity index (χ0v) is 15.6. The Bertz CT molecular complexity index is 760. The van der Waals surface area contributed by atoms with Gasteiger partial charge in [0.25, 0.3) is 0 Å². The summed E-state index contributed by atoms with van der Waals surface area (Å²) < 4.78 is 5.13. The molecule has 26 heavy (non-hydrogen) atoms. The monoisotopic (exact) mass is 355 g/mol. The van der Waals surface area contributed by atoms with E-state index in [4.69, 9.17) is 4.74 Å². The Balaban J connectivity index is 1.86. The number of alkyl carbamates (subject to hydrolysis) is 1. The second-order valence-electron chi connectivity index (χ2n) is 6.31. The highest BCUT2D eigenvalue weighted by atomic mass is 16.5. The first-order valence-electron chi connectivity index (χ1n) is 8.43. The Labute approximate surface area is 154 Å². The number of ether oxygens (including phenoxy) is 1. The van der Waals surface area contributed by atoms with Crippen LogP contribution in [0.3, 0.4) is 0 Å². The molecule has 6 nitrogen and oxygen atoms in total. The largest absolute Gasteiger partial charge is 0.445 e. The lowest BCUT2D eigenvalue weighted by molar-refractivity contribution is -0.117. The van der Waals surface area contributed by atoms with Crippen molar-refractivity contribution in [2.75, 3.05) is 24.3 Å². The molecular weight excluding hydrogens is 330 g/mol. The van der Waals surface area contributed by atoms with Gasteiger partial charge in [-0.3, -0.25) is 4.79 Å². The highest BCUT2D eigenvalue weighted by Gasteiger charge is 2.17. The van der Waals surface area contributed by atoms with Crippen LogP contribution in [0, 0.1) is 6.92 Å². The average Bonchev–Trinajstić information content (AvgIpc) is 2.62. The van der Waals surface area contributed by atoms with Crippen molar-refractivity contribution in [3.05, 3.63) is 59.7 Å². The van der Waals surface area contributed by atoms with E-state index in [0.29, 0.717) is 5.69 Å². The first-order chi connectivity index (χ1) is 12.4. The molecule has 0 fully saturated rings. The van der Waals surface area contributed by atoms with Crippen molar-refractivity contribution < 1.29 is 14.3 Å². The molecule has 0 unspecified atom stereocenters. The Morgan fingerprint density at radius 1 is 1.12 bits per heavy atom. The lowest BCUT2D eigenvalue weighted by Crippen LogP contribution is -2.41. The predicted molar refractivity (Wildman–Crippen MR) is 103 cm³/mol. The number of aryl methyl sites for hydroxylation is 1. The molecule has 0 saturated carbocycles. The maximum atomic E-state index is 12.3. The molecule has 2 N–H and O–H groups in total. The van der Waals surface area contributed by atoms with Crippen LogP contribution in [0.25, 0.3) is 0 Å². The minimum Gasteiger partial charge on any atom is -0.445 e. The smallest absolute Gasteiger partial charge is 0.408 e. The molecule has 0 radical (unpaired) electrons. The molecule has 0 aliphatic rings. The van der Waals surface area contributed by atoms with Crippen LogP contribution in [-0.4, -0.2) is 32.1 Å². The van der Waals surface area contributed by atoms with Gasteiger partial charge in [-0.15, -0.1) is 0 Å². The number of hydrogen-bond donors (Lipinski definition) is 2. The van der Waals surface area contributed by atoms with Gasteiger partial charge in [-0.05, 0) is 43.2 Å². The van der Waals surface area contributed by atoms with Crippen molar-refractivity contribution in [3.8, 4) is 0 Å². The molecule has 0 aromatic heterocycles. The van der Waals surface area contributed by atoms with Crippen LogP contribution in [0.4, 0.5) is 16.2 Å². The van der Waals surface area contributed by atoms with E-state index in [0.717, 1.165) is 16.8 Å². The van der Waals surface area contributed by atoms with Crippen LogP contribution < -0.4 is 15.5 Å². The van der Waals surface area contributed by atoms with Crippen LogP contribution in [0.1, 0.15) is 18.1 Å². The molecule has 0 bridgehead atoms. The van der Waals surface area contributed by atoms with E-state index in [1.54, 1.807) is 6.92 Å². The first kappa shape index (κ1) is 19.3. The number of benzene rings is 2. The SMILES string of the molecule is Cc1cc(N(C)C)ccc1NC(=O)[C@H](C)NC(=O)OCc1ccccc1. The van der Waals surface area contributed by atoms with E-state index < -0.39 is 12.1 Å². The molecule has 2 rings (SSSR count). The van der Waals surface area contributed by atoms with Gasteiger partial charge in [0.1, 0.15) is 12.6 Å². The van der Waals surface area contributed by atoms with E-state index in [-0.39, 0.29) is 12.5 Å². The number of rotatable bonds is 6. The molecule has 138 valence electrons. The predicted octanol–water partition coefficient (Wildman–Crippen LogP) is 3.31. The number of nitrogens with zero attached hydrogens (tertiary/aromatic N) is 1. The average molecular weight is 355 g/mol. The fraction of sp³-hybridized carbons (Fsp3) is 0.300. The summed E-state index contributed by atoms with van der Waals surface area (Å²) in [6, 6.07) is 14.4. The molecule has 2 aromatic carbocycles.